The molecule has 4 rings (SSSR count). The lowest BCUT2D eigenvalue weighted by Gasteiger charge is -2.38. The zero-order chi connectivity index (χ0) is 23.4. The number of nitrogens with zero attached hydrogens (tertiary/aromatic N) is 4. The van der Waals surface area contributed by atoms with Gasteiger partial charge in [0, 0.05) is 6.04 Å². The van der Waals surface area contributed by atoms with Crippen LogP contribution < -0.4 is 9.47 Å². The molecule has 33 heavy (non-hydrogen) atoms. The Bertz CT molecular complexity index is 1130. The zero-order valence-electron chi connectivity index (χ0n) is 18.8. The number of esters is 1. The number of amides is 1. The molecule has 9 heteroatoms. The number of rotatable bonds is 6. The van der Waals surface area contributed by atoms with Crippen LogP contribution in [-0.2, 0) is 4.74 Å². The van der Waals surface area contributed by atoms with E-state index in [1.807, 2.05) is 25.1 Å². The third-order valence-electron chi connectivity index (χ3n) is 5.76. The lowest BCUT2D eigenvalue weighted by Crippen LogP contribution is -2.49. The summed E-state index contributed by atoms with van der Waals surface area (Å²) < 4.78 is 16.4. The molecule has 172 valence electrons. The molecule has 1 aliphatic rings. The van der Waals surface area contributed by atoms with Crippen LogP contribution >= 0.6 is 0 Å². The van der Waals surface area contributed by atoms with Gasteiger partial charge in [0.1, 0.15) is 23.2 Å². The Balaban J connectivity index is 1.58. The third-order valence-corrected chi connectivity index (χ3v) is 5.76. The first-order chi connectivity index (χ1) is 16.0. The first-order valence-electron chi connectivity index (χ1n) is 10.7. The summed E-state index contributed by atoms with van der Waals surface area (Å²) in [6.45, 7) is 2.40. The molecular formula is C24H26N4O5. The first-order valence-corrected chi connectivity index (χ1v) is 10.7. The molecule has 2 atom stereocenters. The molecule has 2 aromatic carbocycles. The maximum atomic E-state index is 13.6. The Labute approximate surface area is 191 Å². The summed E-state index contributed by atoms with van der Waals surface area (Å²) >= 11 is 0. The van der Waals surface area contributed by atoms with Crippen LogP contribution in [0.1, 0.15) is 40.5 Å². The highest BCUT2D eigenvalue weighted by Gasteiger charge is 2.33. The number of hydrogen-bond donors (Lipinski definition) is 0. The quantitative estimate of drug-likeness (QED) is 0.533. The smallest absolute Gasteiger partial charge is 0.345 e. The van der Waals surface area contributed by atoms with Gasteiger partial charge < -0.3 is 19.1 Å². The van der Waals surface area contributed by atoms with Crippen molar-refractivity contribution in [3.05, 3.63) is 66.0 Å². The Kier molecular flexibility index (Phi) is 6.58. The lowest BCUT2D eigenvalue weighted by molar-refractivity contribution is 0.0370. The number of benzene rings is 2. The summed E-state index contributed by atoms with van der Waals surface area (Å²) in [4.78, 5) is 29.1. The van der Waals surface area contributed by atoms with E-state index in [2.05, 4.69) is 10.2 Å². The van der Waals surface area contributed by atoms with Gasteiger partial charge in [-0.25, -0.2) is 4.79 Å². The van der Waals surface area contributed by atoms with E-state index in [0.717, 1.165) is 12.8 Å². The average Bonchev–Trinajstić information content (AvgIpc) is 3.39. The fraction of sp³-hybridized carbons (Fsp3) is 0.333. The normalized spacial score (nSPS) is 18.0. The summed E-state index contributed by atoms with van der Waals surface area (Å²) in [7, 11) is 2.80. The number of para-hydroxylation sites is 1. The minimum atomic E-state index is -0.541. The average molecular weight is 450 g/mol. The Morgan fingerprint density at radius 1 is 0.970 bits per heavy atom. The predicted molar refractivity (Wildman–Crippen MR) is 120 cm³/mol. The van der Waals surface area contributed by atoms with Crippen molar-refractivity contribution >= 4 is 11.9 Å². The second-order valence-corrected chi connectivity index (χ2v) is 7.78. The van der Waals surface area contributed by atoms with Gasteiger partial charge in [-0.15, -0.1) is 0 Å². The molecular weight excluding hydrogens is 424 g/mol. The van der Waals surface area contributed by atoms with Gasteiger partial charge in [0.2, 0.25) is 0 Å². The van der Waals surface area contributed by atoms with Gasteiger partial charge in [-0.2, -0.15) is 15.0 Å². The molecule has 0 aliphatic carbocycles. The van der Waals surface area contributed by atoms with E-state index in [9.17, 15) is 9.59 Å². The number of likely N-dealkylation sites (tertiary alicyclic amines) is 1. The lowest BCUT2D eigenvalue weighted by atomic mass is 9.99. The standard InChI is InChI=1S/C24H26N4O5/c1-16-11-12-17(33-21-10-6-9-20(31-2)22(21)24(30)32-3)15-27(16)23(29)18-7-4-5-8-19(18)28-25-13-14-26-28/h4-10,13-14,16-17H,11-12,15H2,1-3H3. The van der Waals surface area contributed by atoms with Gasteiger partial charge in [-0.1, -0.05) is 18.2 Å². The van der Waals surface area contributed by atoms with Crippen LogP contribution in [0.25, 0.3) is 5.69 Å². The van der Waals surface area contributed by atoms with Crippen molar-refractivity contribution in [1.29, 1.82) is 0 Å². The summed E-state index contributed by atoms with van der Waals surface area (Å²) in [5.74, 6) is 0.0779. The number of carbonyl (C=O) groups excluding carboxylic acids is 2. The molecule has 1 amide bonds. The Hall–Kier alpha value is -3.88. The van der Waals surface area contributed by atoms with Crippen molar-refractivity contribution in [2.45, 2.75) is 31.9 Å². The molecule has 0 N–H and O–H groups in total. The van der Waals surface area contributed by atoms with E-state index in [1.54, 1.807) is 41.6 Å². The highest BCUT2D eigenvalue weighted by atomic mass is 16.5. The van der Waals surface area contributed by atoms with Gasteiger partial charge in [0.25, 0.3) is 5.91 Å². The van der Waals surface area contributed by atoms with Crippen LogP contribution in [-0.4, -0.2) is 64.7 Å². The molecule has 0 bridgehead atoms. The third kappa shape index (κ3) is 4.52. The van der Waals surface area contributed by atoms with Gasteiger partial charge in [0.15, 0.2) is 0 Å². The molecule has 3 aromatic rings. The van der Waals surface area contributed by atoms with Gasteiger partial charge in [0.05, 0.1) is 44.4 Å². The van der Waals surface area contributed by atoms with Crippen LogP contribution in [0.4, 0.5) is 0 Å². The van der Waals surface area contributed by atoms with E-state index in [4.69, 9.17) is 14.2 Å². The van der Waals surface area contributed by atoms with Crippen LogP contribution in [0, 0.1) is 0 Å². The van der Waals surface area contributed by atoms with Gasteiger partial charge >= 0.3 is 5.97 Å². The van der Waals surface area contributed by atoms with Crippen molar-refractivity contribution in [1.82, 2.24) is 19.9 Å². The number of hydrogen-bond acceptors (Lipinski definition) is 7. The first kappa shape index (κ1) is 22.3. The van der Waals surface area contributed by atoms with Gasteiger partial charge in [-0.3, -0.25) is 4.79 Å². The molecule has 1 aromatic heterocycles. The van der Waals surface area contributed by atoms with Crippen molar-refractivity contribution in [3.63, 3.8) is 0 Å². The maximum absolute atomic E-state index is 13.6. The monoisotopic (exact) mass is 450 g/mol. The molecule has 1 aliphatic heterocycles. The van der Waals surface area contributed by atoms with Crippen LogP contribution in [0.5, 0.6) is 11.5 Å². The van der Waals surface area contributed by atoms with E-state index in [-0.39, 0.29) is 23.6 Å². The van der Waals surface area contributed by atoms with E-state index in [1.165, 1.54) is 19.0 Å². The van der Waals surface area contributed by atoms with Gasteiger partial charge in [-0.05, 0) is 44.0 Å². The van der Waals surface area contributed by atoms with Crippen molar-refractivity contribution in [2.24, 2.45) is 0 Å². The fourth-order valence-corrected chi connectivity index (χ4v) is 4.04. The second-order valence-electron chi connectivity index (χ2n) is 7.78. The summed E-state index contributed by atoms with van der Waals surface area (Å²) in [5.41, 5.74) is 1.36. The number of carbonyl (C=O) groups is 2. The predicted octanol–water partition coefficient (Wildman–Crippen LogP) is 3.13. The van der Waals surface area contributed by atoms with Crippen LogP contribution in [0.2, 0.25) is 0 Å². The Morgan fingerprint density at radius 2 is 1.70 bits per heavy atom. The topological polar surface area (TPSA) is 95.8 Å². The van der Waals surface area contributed by atoms with Crippen LogP contribution in [0.15, 0.2) is 54.9 Å². The molecule has 2 heterocycles. The number of ether oxygens (including phenoxy) is 3. The largest absolute Gasteiger partial charge is 0.496 e. The molecule has 1 fully saturated rings. The van der Waals surface area contributed by atoms with Crippen molar-refractivity contribution in [2.75, 3.05) is 20.8 Å². The highest BCUT2D eigenvalue weighted by molar-refractivity contribution is 5.98. The zero-order valence-corrected chi connectivity index (χ0v) is 18.8. The molecule has 0 spiro atoms. The van der Waals surface area contributed by atoms with Crippen LogP contribution in [0.3, 0.4) is 0 Å². The minimum Gasteiger partial charge on any atom is -0.496 e. The molecule has 1 saturated heterocycles. The molecule has 0 saturated carbocycles. The number of methoxy groups -OCH3 is 2. The Morgan fingerprint density at radius 3 is 2.42 bits per heavy atom. The van der Waals surface area contributed by atoms with Crippen molar-refractivity contribution < 1.29 is 23.8 Å². The van der Waals surface area contributed by atoms with E-state index < -0.39 is 5.97 Å². The fourth-order valence-electron chi connectivity index (χ4n) is 4.04. The molecule has 0 radical (unpaired) electrons. The number of aromatic nitrogens is 3. The highest BCUT2D eigenvalue weighted by Crippen LogP contribution is 2.32. The SMILES string of the molecule is COC(=O)c1c(OC)cccc1OC1CCC(C)N(C(=O)c2ccccc2-n2nccn2)C1. The summed E-state index contributed by atoms with van der Waals surface area (Å²) in [5, 5.41) is 8.34. The van der Waals surface area contributed by atoms with Crippen molar-refractivity contribution in [3.8, 4) is 17.2 Å². The maximum Gasteiger partial charge on any atom is 0.345 e. The minimum absolute atomic E-state index is 0.0290. The number of piperidine rings is 1. The molecule has 9 nitrogen and oxygen atoms in total. The summed E-state index contributed by atoms with van der Waals surface area (Å²) in [6, 6.07) is 12.4. The molecule has 2 unspecified atom stereocenters. The van der Waals surface area contributed by atoms with E-state index >= 15 is 0 Å². The van der Waals surface area contributed by atoms with E-state index in [0.29, 0.717) is 29.3 Å². The summed E-state index contributed by atoms with van der Waals surface area (Å²) in [6.07, 6.45) is 4.35. The second kappa shape index (κ2) is 9.72.